The van der Waals surface area contributed by atoms with E-state index in [0.717, 1.165) is 24.0 Å². The smallest absolute Gasteiger partial charge is 0.332 e. The monoisotopic (exact) mass is 583 g/mol. The Morgan fingerprint density at radius 1 is 1.00 bits per heavy atom. The minimum atomic E-state index is -0.781. The van der Waals surface area contributed by atoms with Gasteiger partial charge < -0.3 is 9.57 Å². The Hall–Kier alpha value is -4.21. The number of carbonyl (C=O) groups is 2. The molecule has 9 nitrogen and oxygen atoms in total. The van der Waals surface area contributed by atoms with Crippen LogP contribution in [0.25, 0.3) is 11.1 Å². The second-order valence-corrected chi connectivity index (χ2v) is 11.6. The number of rotatable bonds is 9. The fourth-order valence-corrected chi connectivity index (χ4v) is 6.69. The summed E-state index contributed by atoms with van der Waals surface area (Å²) in [5.41, 5.74) is 3.07. The molecule has 1 saturated heterocycles. The lowest BCUT2D eigenvalue weighted by Gasteiger charge is -2.39. The molecule has 3 aromatic carbocycles. The third-order valence-electron chi connectivity index (χ3n) is 9.07. The van der Waals surface area contributed by atoms with Crippen molar-refractivity contribution in [1.82, 2.24) is 4.90 Å². The molecule has 9 heteroatoms. The molecule has 5 rings (SSSR count). The van der Waals surface area contributed by atoms with Crippen molar-refractivity contribution < 1.29 is 24.1 Å². The minimum absolute atomic E-state index is 0.0514. The predicted octanol–water partition coefficient (Wildman–Crippen LogP) is 6.29. The van der Waals surface area contributed by atoms with Crippen LogP contribution in [-0.2, 0) is 19.8 Å². The van der Waals surface area contributed by atoms with E-state index in [-0.39, 0.29) is 22.7 Å². The van der Waals surface area contributed by atoms with E-state index in [1.807, 2.05) is 44.2 Å². The normalized spacial score (nSPS) is 16.3. The van der Waals surface area contributed by atoms with Gasteiger partial charge in [0.25, 0.3) is 5.69 Å². The molecular formula is C34H37N3O6. The van der Waals surface area contributed by atoms with E-state index in [2.05, 4.69) is 23.9 Å². The first-order chi connectivity index (χ1) is 20.6. The van der Waals surface area contributed by atoms with Crippen molar-refractivity contribution in [2.45, 2.75) is 58.4 Å². The van der Waals surface area contributed by atoms with Crippen molar-refractivity contribution in [1.29, 1.82) is 0 Å². The maximum Gasteiger partial charge on any atom is 0.332 e. The standard InChI is InChI=1S/C34H37N3O6/c1-6-34(7-2)27-15-13-24(32(39)33(4,5)36-17-19-42-20-18-36)21-26(27)29-28(34)16-14-25(31(29)37(40)41)30(35-43-22(3)38)23-11-9-8-10-12-23/h8-16,21H,6-7,17-20H2,1-5H3/b35-30+. The number of nitro groups is 1. The van der Waals surface area contributed by atoms with E-state index >= 15 is 0 Å². The largest absolute Gasteiger partial charge is 0.379 e. The number of hydrogen-bond donors (Lipinski definition) is 0. The van der Waals surface area contributed by atoms with Crippen LogP contribution >= 0.6 is 0 Å². The Labute approximate surface area is 251 Å². The number of nitro benzene ring substituents is 1. The van der Waals surface area contributed by atoms with Gasteiger partial charge >= 0.3 is 5.97 Å². The fourth-order valence-electron chi connectivity index (χ4n) is 6.69. The molecule has 224 valence electrons. The minimum Gasteiger partial charge on any atom is -0.379 e. The van der Waals surface area contributed by atoms with E-state index < -0.39 is 21.8 Å². The summed E-state index contributed by atoms with van der Waals surface area (Å²) in [6.45, 7) is 11.7. The average molecular weight is 584 g/mol. The first kappa shape index (κ1) is 30.3. The van der Waals surface area contributed by atoms with Gasteiger partial charge in [0, 0.05) is 36.6 Å². The highest BCUT2D eigenvalue weighted by atomic mass is 16.7. The number of Topliss-reactive ketones (excluding diaryl/α,β-unsaturated/α-hetero) is 1. The molecule has 0 atom stereocenters. The van der Waals surface area contributed by atoms with Crippen molar-refractivity contribution in [3.05, 3.63) is 98.6 Å². The summed E-state index contributed by atoms with van der Waals surface area (Å²) in [5, 5.41) is 17.1. The van der Waals surface area contributed by atoms with Crippen LogP contribution in [0.2, 0.25) is 0 Å². The predicted molar refractivity (Wildman–Crippen MR) is 165 cm³/mol. The first-order valence-corrected chi connectivity index (χ1v) is 14.7. The maximum atomic E-state index is 14.0. The van der Waals surface area contributed by atoms with Gasteiger partial charge in [-0.15, -0.1) is 0 Å². The number of carbonyl (C=O) groups excluding carboxylic acids is 2. The van der Waals surface area contributed by atoms with Gasteiger partial charge in [-0.05, 0) is 55.5 Å². The van der Waals surface area contributed by atoms with Crippen LogP contribution in [0.3, 0.4) is 0 Å². The number of ketones is 1. The molecule has 0 amide bonds. The third kappa shape index (κ3) is 5.17. The molecule has 2 aliphatic rings. The molecule has 1 fully saturated rings. The van der Waals surface area contributed by atoms with Crippen molar-refractivity contribution in [2.75, 3.05) is 26.3 Å². The van der Waals surface area contributed by atoms with Gasteiger partial charge in [0.2, 0.25) is 0 Å². The summed E-state index contributed by atoms with van der Waals surface area (Å²) in [6, 6.07) is 18.2. The lowest BCUT2D eigenvalue weighted by molar-refractivity contribution is -0.384. The van der Waals surface area contributed by atoms with Gasteiger partial charge in [-0.25, -0.2) is 4.79 Å². The van der Waals surface area contributed by atoms with E-state index in [4.69, 9.17) is 9.57 Å². The van der Waals surface area contributed by atoms with Crippen LogP contribution in [-0.4, -0.2) is 59.1 Å². The summed E-state index contributed by atoms with van der Waals surface area (Å²) in [6.07, 6.45) is 1.44. The quantitative estimate of drug-likeness (QED) is 0.0957. The van der Waals surface area contributed by atoms with E-state index in [0.29, 0.717) is 48.6 Å². The zero-order valence-corrected chi connectivity index (χ0v) is 25.3. The van der Waals surface area contributed by atoms with Gasteiger partial charge in [-0.1, -0.05) is 67.5 Å². The number of fused-ring (bicyclic) bond motifs is 3. The Morgan fingerprint density at radius 2 is 1.65 bits per heavy atom. The second kappa shape index (κ2) is 11.8. The molecule has 0 unspecified atom stereocenters. The van der Waals surface area contributed by atoms with Crippen LogP contribution in [0.1, 0.15) is 80.1 Å². The average Bonchev–Trinajstić information content (AvgIpc) is 3.30. The van der Waals surface area contributed by atoms with Crippen LogP contribution in [0.5, 0.6) is 0 Å². The molecule has 0 bridgehead atoms. The van der Waals surface area contributed by atoms with Gasteiger partial charge in [-0.2, -0.15) is 0 Å². The zero-order valence-electron chi connectivity index (χ0n) is 25.3. The molecule has 3 aromatic rings. The van der Waals surface area contributed by atoms with Gasteiger partial charge in [0.1, 0.15) is 5.71 Å². The Bertz CT molecular complexity index is 1600. The zero-order chi connectivity index (χ0) is 30.9. The van der Waals surface area contributed by atoms with Crippen molar-refractivity contribution in [3.8, 4) is 11.1 Å². The molecule has 1 aliphatic heterocycles. The van der Waals surface area contributed by atoms with E-state index in [1.54, 1.807) is 30.3 Å². The summed E-state index contributed by atoms with van der Waals surface area (Å²) >= 11 is 0. The topological polar surface area (TPSA) is 111 Å². The fraction of sp³-hybridized carbons (Fsp3) is 0.382. The second-order valence-electron chi connectivity index (χ2n) is 11.6. The Kier molecular flexibility index (Phi) is 8.31. The summed E-state index contributed by atoms with van der Waals surface area (Å²) < 4.78 is 5.50. The number of hydrogen-bond acceptors (Lipinski definition) is 8. The maximum absolute atomic E-state index is 14.0. The van der Waals surface area contributed by atoms with Gasteiger partial charge in [0.15, 0.2) is 5.78 Å². The number of morpholine rings is 1. The summed E-state index contributed by atoms with van der Waals surface area (Å²) in [4.78, 5) is 45.5. The van der Waals surface area contributed by atoms with Crippen molar-refractivity contribution >= 4 is 23.2 Å². The lowest BCUT2D eigenvalue weighted by atomic mass is 9.73. The van der Waals surface area contributed by atoms with E-state index in [9.17, 15) is 19.7 Å². The van der Waals surface area contributed by atoms with Gasteiger partial charge in [0.05, 0.1) is 34.8 Å². The highest BCUT2D eigenvalue weighted by Crippen LogP contribution is 2.56. The summed E-state index contributed by atoms with van der Waals surface area (Å²) in [5.74, 6) is -0.686. The third-order valence-corrected chi connectivity index (χ3v) is 9.07. The lowest BCUT2D eigenvalue weighted by Crippen LogP contribution is -2.54. The van der Waals surface area contributed by atoms with Crippen molar-refractivity contribution in [2.24, 2.45) is 5.16 Å². The molecule has 1 aliphatic carbocycles. The van der Waals surface area contributed by atoms with Gasteiger partial charge in [-0.3, -0.25) is 19.8 Å². The van der Waals surface area contributed by atoms with E-state index in [1.165, 1.54) is 6.92 Å². The Morgan fingerprint density at radius 3 is 2.26 bits per heavy atom. The molecule has 43 heavy (non-hydrogen) atoms. The van der Waals surface area contributed by atoms with Crippen molar-refractivity contribution in [3.63, 3.8) is 0 Å². The number of oxime groups is 1. The SMILES string of the molecule is CCC1(CC)c2ccc(C(=O)C(C)(C)N3CCOCC3)cc2-c2c1ccc(/C(=N/OC(C)=O)c1ccccc1)c2[N+](=O)[O-]. The molecule has 0 N–H and O–H groups in total. The van der Waals surface area contributed by atoms with Crippen LogP contribution < -0.4 is 0 Å². The first-order valence-electron chi connectivity index (χ1n) is 14.7. The number of benzene rings is 3. The molecule has 0 aromatic heterocycles. The van der Waals surface area contributed by atoms with Crippen LogP contribution in [0.4, 0.5) is 5.69 Å². The van der Waals surface area contributed by atoms with Crippen LogP contribution in [0, 0.1) is 10.1 Å². The molecule has 0 radical (unpaired) electrons. The number of ether oxygens (including phenoxy) is 1. The Balaban J connectivity index is 1.75. The molecule has 0 spiro atoms. The molecular weight excluding hydrogens is 546 g/mol. The number of nitrogens with zero attached hydrogens (tertiary/aromatic N) is 3. The highest BCUT2D eigenvalue weighted by molar-refractivity contribution is 6.17. The highest BCUT2D eigenvalue weighted by Gasteiger charge is 2.46. The summed E-state index contributed by atoms with van der Waals surface area (Å²) in [7, 11) is 0. The molecule has 1 heterocycles. The van der Waals surface area contributed by atoms with Crippen LogP contribution in [0.15, 0.2) is 65.8 Å². The molecule has 0 saturated carbocycles.